The molecule has 2 aromatic rings. The minimum absolute atomic E-state index is 0.0920. The standard InChI is InChI=1S/C18H15IN2O3S2/c19-13-7-4-8-14(9-13)21-15-10-26(23,24)11-16(15)25-18(21)20-17(22)12-5-2-1-3-6-12/h1-9,15-16H,10-11H2/t15-,16-/m0/s1. The van der Waals surface area contributed by atoms with E-state index in [1.165, 1.54) is 11.8 Å². The Balaban J connectivity index is 1.74. The van der Waals surface area contributed by atoms with E-state index >= 15 is 0 Å². The number of anilines is 1. The molecule has 2 aliphatic rings. The van der Waals surface area contributed by atoms with Crippen molar-refractivity contribution >= 4 is 61.0 Å². The van der Waals surface area contributed by atoms with Crippen molar-refractivity contribution in [3.8, 4) is 0 Å². The molecule has 2 fully saturated rings. The lowest BCUT2D eigenvalue weighted by atomic mass is 10.2. The van der Waals surface area contributed by atoms with Gasteiger partial charge in [0, 0.05) is 20.1 Å². The molecule has 2 heterocycles. The average Bonchev–Trinajstić information content (AvgIpc) is 3.06. The van der Waals surface area contributed by atoms with Crippen molar-refractivity contribution in [2.45, 2.75) is 11.3 Å². The van der Waals surface area contributed by atoms with Crippen molar-refractivity contribution < 1.29 is 13.2 Å². The van der Waals surface area contributed by atoms with E-state index < -0.39 is 9.84 Å². The lowest BCUT2D eigenvalue weighted by Crippen LogP contribution is -2.37. The Bertz CT molecular complexity index is 993. The molecule has 2 aliphatic heterocycles. The van der Waals surface area contributed by atoms with Gasteiger partial charge in [-0.2, -0.15) is 4.99 Å². The van der Waals surface area contributed by atoms with Crippen LogP contribution >= 0.6 is 34.4 Å². The minimum atomic E-state index is -3.06. The Morgan fingerprint density at radius 1 is 1.12 bits per heavy atom. The van der Waals surface area contributed by atoms with Crippen LogP contribution in [0.15, 0.2) is 59.6 Å². The second-order valence-electron chi connectivity index (χ2n) is 6.22. The minimum Gasteiger partial charge on any atom is -0.316 e. The molecule has 0 N–H and O–H groups in total. The summed E-state index contributed by atoms with van der Waals surface area (Å²) >= 11 is 3.61. The topological polar surface area (TPSA) is 66.8 Å². The quantitative estimate of drug-likeness (QED) is 0.596. The molecule has 0 radical (unpaired) electrons. The van der Waals surface area contributed by atoms with Crippen molar-refractivity contribution in [2.24, 2.45) is 4.99 Å². The number of benzene rings is 2. The zero-order chi connectivity index (χ0) is 18.3. The molecule has 0 bridgehead atoms. The zero-order valence-electron chi connectivity index (χ0n) is 13.6. The maximum atomic E-state index is 12.5. The smallest absolute Gasteiger partial charge is 0.279 e. The van der Waals surface area contributed by atoms with Crippen LogP contribution in [0.5, 0.6) is 0 Å². The molecule has 2 atom stereocenters. The molecule has 5 nitrogen and oxygen atoms in total. The second kappa shape index (κ2) is 6.97. The van der Waals surface area contributed by atoms with Gasteiger partial charge in [-0.15, -0.1) is 0 Å². The first-order valence-electron chi connectivity index (χ1n) is 8.03. The summed E-state index contributed by atoms with van der Waals surface area (Å²) in [6.07, 6.45) is 0. The fourth-order valence-electron chi connectivity index (χ4n) is 3.22. The number of hydrogen-bond donors (Lipinski definition) is 0. The van der Waals surface area contributed by atoms with Gasteiger partial charge in [0.1, 0.15) is 0 Å². The first kappa shape index (κ1) is 18.0. The molecule has 2 saturated heterocycles. The van der Waals surface area contributed by atoms with Crippen molar-refractivity contribution in [1.82, 2.24) is 0 Å². The summed E-state index contributed by atoms with van der Waals surface area (Å²) in [6, 6.07) is 16.5. The van der Waals surface area contributed by atoms with Crippen molar-refractivity contribution in [3.05, 3.63) is 63.7 Å². The van der Waals surface area contributed by atoms with Crippen LogP contribution < -0.4 is 4.90 Å². The number of fused-ring (bicyclic) bond motifs is 1. The Hall–Kier alpha value is -1.39. The highest BCUT2D eigenvalue weighted by atomic mass is 127. The van der Waals surface area contributed by atoms with E-state index in [1.807, 2.05) is 35.2 Å². The Morgan fingerprint density at radius 3 is 2.62 bits per heavy atom. The second-order valence-corrected chi connectivity index (χ2v) is 10.8. The third kappa shape index (κ3) is 3.54. The van der Waals surface area contributed by atoms with Gasteiger partial charge in [0.05, 0.1) is 17.5 Å². The molecule has 8 heteroatoms. The van der Waals surface area contributed by atoms with E-state index in [-0.39, 0.29) is 28.7 Å². The Morgan fingerprint density at radius 2 is 1.88 bits per heavy atom. The predicted octanol–water partition coefficient (Wildman–Crippen LogP) is 3.21. The van der Waals surface area contributed by atoms with Crippen LogP contribution in [0.1, 0.15) is 10.4 Å². The van der Waals surface area contributed by atoms with E-state index in [0.29, 0.717) is 10.7 Å². The van der Waals surface area contributed by atoms with E-state index in [0.717, 1.165) is 9.26 Å². The number of thioether (sulfide) groups is 1. The average molecular weight is 498 g/mol. The summed E-state index contributed by atoms with van der Waals surface area (Å²) in [5.74, 6) is -0.0951. The number of amidine groups is 1. The van der Waals surface area contributed by atoms with E-state index in [9.17, 15) is 13.2 Å². The number of aliphatic imine (C=N–C) groups is 1. The number of carbonyl (C=O) groups excluding carboxylic acids is 1. The van der Waals surface area contributed by atoms with Crippen LogP contribution in [-0.4, -0.2) is 42.3 Å². The molecule has 0 saturated carbocycles. The van der Waals surface area contributed by atoms with E-state index in [4.69, 9.17) is 0 Å². The zero-order valence-corrected chi connectivity index (χ0v) is 17.4. The molecule has 0 spiro atoms. The Labute approximate surface area is 169 Å². The number of sulfone groups is 1. The highest BCUT2D eigenvalue weighted by Crippen LogP contribution is 2.41. The van der Waals surface area contributed by atoms with Gasteiger partial charge in [-0.1, -0.05) is 36.0 Å². The number of hydrogen-bond acceptors (Lipinski definition) is 4. The molecule has 0 unspecified atom stereocenters. The van der Waals surface area contributed by atoms with E-state index in [1.54, 1.807) is 24.3 Å². The molecule has 2 aromatic carbocycles. The van der Waals surface area contributed by atoms with Gasteiger partial charge in [-0.3, -0.25) is 4.79 Å². The molecule has 26 heavy (non-hydrogen) atoms. The predicted molar refractivity (Wildman–Crippen MR) is 114 cm³/mol. The first-order valence-corrected chi connectivity index (χ1v) is 11.8. The van der Waals surface area contributed by atoms with Crippen LogP contribution in [0.3, 0.4) is 0 Å². The van der Waals surface area contributed by atoms with Crippen molar-refractivity contribution in [1.29, 1.82) is 0 Å². The van der Waals surface area contributed by atoms with Crippen LogP contribution in [0.25, 0.3) is 0 Å². The summed E-state index contributed by atoms with van der Waals surface area (Å²) < 4.78 is 25.2. The SMILES string of the molecule is O=C(N=C1S[C@H]2CS(=O)(=O)C[C@@H]2N1c1cccc(I)c1)c1ccccc1. The summed E-state index contributed by atoms with van der Waals surface area (Å²) in [7, 11) is -3.06. The number of amides is 1. The normalized spacial score (nSPS) is 25.4. The molecule has 0 aliphatic carbocycles. The van der Waals surface area contributed by atoms with Gasteiger partial charge in [0.2, 0.25) is 0 Å². The maximum absolute atomic E-state index is 12.5. The third-order valence-corrected chi connectivity index (χ3v) is 8.25. The Kier molecular flexibility index (Phi) is 4.83. The summed E-state index contributed by atoms with van der Waals surface area (Å²) in [5.41, 5.74) is 1.39. The number of carbonyl (C=O) groups is 1. The van der Waals surface area contributed by atoms with Crippen LogP contribution in [0.2, 0.25) is 0 Å². The fraction of sp³-hybridized carbons (Fsp3) is 0.222. The van der Waals surface area contributed by atoms with Crippen LogP contribution in [0.4, 0.5) is 5.69 Å². The molecular weight excluding hydrogens is 483 g/mol. The first-order chi connectivity index (χ1) is 12.4. The van der Waals surface area contributed by atoms with Gasteiger partial charge in [0.15, 0.2) is 15.0 Å². The van der Waals surface area contributed by atoms with Crippen LogP contribution in [-0.2, 0) is 9.84 Å². The summed E-state index contributed by atoms with van der Waals surface area (Å²) in [4.78, 5) is 18.8. The van der Waals surface area contributed by atoms with Gasteiger partial charge in [-0.05, 0) is 52.9 Å². The molecule has 4 rings (SSSR count). The summed E-state index contributed by atoms with van der Waals surface area (Å²) in [5, 5.41) is 0.478. The molecule has 0 aromatic heterocycles. The number of rotatable bonds is 2. The monoisotopic (exact) mass is 498 g/mol. The lowest BCUT2D eigenvalue weighted by molar-refractivity contribution is 0.100. The summed E-state index contributed by atoms with van der Waals surface area (Å²) in [6.45, 7) is 0. The van der Waals surface area contributed by atoms with Gasteiger partial charge in [0.25, 0.3) is 5.91 Å². The maximum Gasteiger partial charge on any atom is 0.279 e. The third-order valence-electron chi connectivity index (χ3n) is 4.37. The molecule has 1 amide bonds. The van der Waals surface area contributed by atoms with Crippen molar-refractivity contribution in [3.63, 3.8) is 0 Å². The van der Waals surface area contributed by atoms with Gasteiger partial charge < -0.3 is 4.90 Å². The molecule has 134 valence electrons. The highest BCUT2D eigenvalue weighted by Gasteiger charge is 2.49. The van der Waals surface area contributed by atoms with Gasteiger partial charge in [-0.25, -0.2) is 8.42 Å². The number of nitrogens with zero attached hydrogens (tertiary/aromatic N) is 2. The van der Waals surface area contributed by atoms with E-state index in [2.05, 4.69) is 27.6 Å². The number of halogens is 1. The highest BCUT2D eigenvalue weighted by molar-refractivity contribution is 14.1. The largest absolute Gasteiger partial charge is 0.316 e. The lowest BCUT2D eigenvalue weighted by Gasteiger charge is -2.24. The van der Waals surface area contributed by atoms with Gasteiger partial charge >= 0.3 is 0 Å². The molecular formula is C18H15IN2O3S2. The fourth-order valence-corrected chi connectivity index (χ4v) is 7.66. The van der Waals surface area contributed by atoms with Crippen molar-refractivity contribution in [2.75, 3.05) is 16.4 Å². The van der Waals surface area contributed by atoms with Crippen LogP contribution in [0, 0.1) is 3.57 Å².